The third-order valence-electron chi connectivity index (χ3n) is 4.75. The lowest BCUT2D eigenvalue weighted by Crippen LogP contribution is -2.36. The van der Waals surface area contributed by atoms with Gasteiger partial charge in [0.15, 0.2) is 0 Å². The van der Waals surface area contributed by atoms with Crippen LogP contribution in [-0.2, 0) is 11.2 Å². The molecular weight excluding hydrogens is 300 g/mol. The first-order valence-electron chi connectivity index (χ1n) is 9.56. The number of morpholine rings is 1. The number of hydrogen-bond donors (Lipinski definition) is 0. The van der Waals surface area contributed by atoms with E-state index in [1.165, 1.54) is 18.5 Å². The van der Waals surface area contributed by atoms with E-state index < -0.39 is 0 Å². The molecule has 0 N–H and O–H groups in total. The maximum absolute atomic E-state index is 5.85. The van der Waals surface area contributed by atoms with Crippen molar-refractivity contribution in [2.45, 2.75) is 33.1 Å². The van der Waals surface area contributed by atoms with Gasteiger partial charge < -0.3 is 14.4 Å². The molecule has 2 rings (SSSR count). The van der Waals surface area contributed by atoms with Crippen LogP contribution in [-0.4, -0.2) is 68.9 Å². The van der Waals surface area contributed by atoms with E-state index in [0.29, 0.717) is 0 Å². The van der Waals surface area contributed by atoms with Gasteiger partial charge in [0.25, 0.3) is 0 Å². The zero-order valence-electron chi connectivity index (χ0n) is 15.5. The van der Waals surface area contributed by atoms with Crippen LogP contribution in [0.1, 0.15) is 32.3 Å². The number of benzene rings is 1. The van der Waals surface area contributed by atoms with E-state index >= 15 is 0 Å². The molecule has 4 nitrogen and oxygen atoms in total. The summed E-state index contributed by atoms with van der Waals surface area (Å²) < 4.78 is 11.2. The first-order chi connectivity index (χ1) is 11.8. The number of hydrogen-bond acceptors (Lipinski definition) is 4. The molecule has 0 spiro atoms. The van der Waals surface area contributed by atoms with Crippen molar-refractivity contribution in [1.29, 1.82) is 0 Å². The van der Waals surface area contributed by atoms with Crippen LogP contribution in [0.5, 0.6) is 5.75 Å². The summed E-state index contributed by atoms with van der Waals surface area (Å²) >= 11 is 0. The van der Waals surface area contributed by atoms with Gasteiger partial charge in [-0.1, -0.05) is 26.0 Å². The van der Waals surface area contributed by atoms with Gasteiger partial charge in [0.05, 0.1) is 19.8 Å². The molecule has 1 aliphatic rings. The van der Waals surface area contributed by atoms with Gasteiger partial charge in [0, 0.05) is 19.6 Å². The molecule has 0 unspecified atom stereocenters. The molecule has 0 aliphatic carbocycles. The Balaban J connectivity index is 1.59. The van der Waals surface area contributed by atoms with E-state index in [1.54, 1.807) is 0 Å². The molecule has 0 bridgehead atoms. The van der Waals surface area contributed by atoms with Crippen molar-refractivity contribution in [2.75, 3.05) is 59.1 Å². The van der Waals surface area contributed by atoms with E-state index in [2.05, 4.69) is 47.9 Å². The number of ether oxygens (including phenoxy) is 2. The van der Waals surface area contributed by atoms with E-state index in [1.807, 2.05) is 0 Å². The third-order valence-corrected chi connectivity index (χ3v) is 4.75. The maximum Gasteiger partial charge on any atom is 0.119 e. The van der Waals surface area contributed by atoms with Gasteiger partial charge in [-0.3, -0.25) is 4.90 Å². The van der Waals surface area contributed by atoms with Gasteiger partial charge in [-0.15, -0.1) is 0 Å². The van der Waals surface area contributed by atoms with Gasteiger partial charge in [0.1, 0.15) is 5.75 Å². The van der Waals surface area contributed by atoms with Gasteiger partial charge in [-0.2, -0.15) is 0 Å². The Morgan fingerprint density at radius 1 is 1.04 bits per heavy atom. The van der Waals surface area contributed by atoms with Crippen LogP contribution < -0.4 is 4.74 Å². The molecule has 0 radical (unpaired) electrons. The van der Waals surface area contributed by atoms with E-state index in [9.17, 15) is 0 Å². The molecule has 1 aromatic rings. The number of nitrogens with zero attached hydrogens (tertiary/aromatic N) is 2. The minimum absolute atomic E-state index is 0.798. The molecule has 0 saturated carbocycles. The van der Waals surface area contributed by atoms with Crippen molar-refractivity contribution in [2.24, 2.45) is 0 Å². The predicted molar refractivity (Wildman–Crippen MR) is 99.9 cm³/mol. The van der Waals surface area contributed by atoms with Crippen LogP contribution in [0.4, 0.5) is 0 Å². The minimum atomic E-state index is 0.798. The molecular formula is C20H34N2O2. The molecule has 4 heteroatoms. The molecule has 24 heavy (non-hydrogen) atoms. The van der Waals surface area contributed by atoms with Crippen LogP contribution in [0, 0.1) is 0 Å². The third kappa shape index (κ3) is 7.20. The van der Waals surface area contributed by atoms with Crippen molar-refractivity contribution < 1.29 is 9.47 Å². The van der Waals surface area contributed by atoms with E-state index in [4.69, 9.17) is 9.47 Å². The molecule has 0 amide bonds. The molecule has 1 heterocycles. The quantitative estimate of drug-likeness (QED) is 0.581. The molecule has 1 aromatic carbocycles. The van der Waals surface area contributed by atoms with Gasteiger partial charge in [-0.05, 0) is 56.6 Å². The fourth-order valence-electron chi connectivity index (χ4n) is 3.10. The average molecular weight is 335 g/mol. The van der Waals surface area contributed by atoms with Crippen LogP contribution >= 0.6 is 0 Å². The van der Waals surface area contributed by atoms with Crippen molar-refractivity contribution in [1.82, 2.24) is 9.80 Å². The molecule has 0 atom stereocenters. The fourth-order valence-corrected chi connectivity index (χ4v) is 3.10. The molecule has 136 valence electrons. The first kappa shape index (κ1) is 19.2. The summed E-state index contributed by atoms with van der Waals surface area (Å²) in [5, 5.41) is 0. The van der Waals surface area contributed by atoms with Gasteiger partial charge in [0.2, 0.25) is 0 Å². The predicted octanol–water partition coefficient (Wildman–Crippen LogP) is 3.06. The Morgan fingerprint density at radius 3 is 2.42 bits per heavy atom. The molecule has 0 aromatic heterocycles. The summed E-state index contributed by atoms with van der Waals surface area (Å²) in [6, 6.07) is 8.64. The zero-order chi connectivity index (χ0) is 17.0. The smallest absolute Gasteiger partial charge is 0.119 e. The van der Waals surface area contributed by atoms with Crippen molar-refractivity contribution in [3.63, 3.8) is 0 Å². The summed E-state index contributed by atoms with van der Waals surface area (Å²) in [5.41, 5.74) is 1.40. The van der Waals surface area contributed by atoms with Crippen LogP contribution in [0.15, 0.2) is 24.3 Å². The van der Waals surface area contributed by atoms with Gasteiger partial charge in [-0.25, -0.2) is 0 Å². The Bertz CT molecular complexity index is 426. The van der Waals surface area contributed by atoms with Crippen molar-refractivity contribution in [3.05, 3.63) is 29.8 Å². The average Bonchev–Trinajstić information content (AvgIpc) is 2.64. The maximum atomic E-state index is 5.85. The van der Waals surface area contributed by atoms with Crippen LogP contribution in [0.3, 0.4) is 0 Å². The highest BCUT2D eigenvalue weighted by atomic mass is 16.5. The van der Waals surface area contributed by atoms with Crippen LogP contribution in [0.25, 0.3) is 0 Å². The second-order valence-electron chi connectivity index (χ2n) is 6.43. The van der Waals surface area contributed by atoms with Crippen LogP contribution in [0.2, 0.25) is 0 Å². The van der Waals surface area contributed by atoms with Gasteiger partial charge >= 0.3 is 0 Å². The lowest BCUT2D eigenvalue weighted by Gasteiger charge is -2.26. The standard InChI is InChI=1S/C20H34N2O2/c1-3-21(4-2)13-6-16-24-20-10-8-19(9-11-20)7-5-12-22-14-17-23-18-15-22/h8-11H,3-7,12-18H2,1-2H3. The second-order valence-corrected chi connectivity index (χ2v) is 6.43. The Kier molecular flexibility index (Phi) is 9.18. The van der Waals surface area contributed by atoms with E-state index in [-0.39, 0.29) is 0 Å². The summed E-state index contributed by atoms with van der Waals surface area (Å²) in [6.45, 7) is 13.7. The fraction of sp³-hybridized carbons (Fsp3) is 0.700. The Hall–Kier alpha value is -1.10. The largest absolute Gasteiger partial charge is 0.494 e. The summed E-state index contributed by atoms with van der Waals surface area (Å²) in [7, 11) is 0. The highest BCUT2D eigenvalue weighted by Crippen LogP contribution is 2.14. The highest BCUT2D eigenvalue weighted by Gasteiger charge is 2.09. The normalized spacial score (nSPS) is 15.8. The second kappa shape index (κ2) is 11.5. The topological polar surface area (TPSA) is 24.9 Å². The lowest BCUT2D eigenvalue weighted by atomic mass is 10.1. The monoisotopic (exact) mass is 334 g/mol. The Morgan fingerprint density at radius 2 is 1.75 bits per heavy atom. The Labute approximate surface area is 147 Å². The summed E-state index contributed by atoms with van der Waals surface area (Å²) in [4.78, 5) is 4.93. The molecule has 1 fully saturated rings. The molecule has 1 saturated heterocycles. The zero-order valence-corrected chi connectivity index (χ0v) is 15.5. The number of rotatable bonds is 11. The number of aryl methyl sites for hydroxylation is 1. The SMILES string of the molecule is CCN(CC)CCCOc1ccc(CCCN2CCOCC2)cc1. The highest BCUT2D eigenvalue weighted by molar-refractivity contribution is 5.27. The van der Waals surface area contributed by atoms with Crippen molar-refractivity contribution in [3.8, 4) is 5.75 Å². The summed E-state index contributed by atoms with van der Waals surface area (Å²) in [5.74, 6) is 0.992. The minimum Gasteiger partial charge on any atom is -0.494 e. The lowest BCUT2D eigenvalue weighted by molar-refractivity contribution is 0.0374. The van der Waals surface area contributed by atoms with E-state index in [0.717, 1.165) is 71.1 Å². The van der Waals surface area contributed by atoms with Crippen molar-refractivity contribution >= 4 is 0 Å². The summed E-state index contributed by atoms with van der Waals surface area (Å²) in [6.07, 6.45) is 3.44. The molecule has 1 aliphatic heterocycles. The first-order valence-corrected chi connectivity index (χ1v) is 9.56.